The van der Waals surface area contributed by atoms with E-state index in [2.05, 4.69) is 16.7 Å². The zero-order chi connectivity index (χ0) is 18.8. The van der Waals surface area contributed by atoms with Crippen molar-refractivity contribution in [1.82, 2.24) is 10.2 Å². The van der Waals surface area contributed by atoms with Crippen molar-refractivity contribution in [3.8, 4) is 0 Å². The Kier molecular flexibility index (Phi) is 5.31. The molecular weight excluding hydrogens is 346 g/mol. The molecule has 4 rings (SSSR count). The van der Waals surface area contributed by atoms with Gasteiger partial charge in [0.05, 0.1) is 31.4 Å². The molecule has 2 amide bonds. The predicted octanol–water partition coefficient (Wildman–Crippen LogP) is 0.974. The number of fused-ring (bicyclic) bond motifs is 4. The molecule has 0 radical (unpaired) electrons. The van der Waals surface area contributed by atoms with Gasteiger partial charge in [0.25, 0.3) is 0 Å². The Morgan fingerprint density at radius 2 is 2.11 bits per heavy atom. The molecular formula is C20H27N3O4. The van der Waals surface area contributed by atoms with E-state index >= 15 is 0 Å². The molecule has 1 aromatic carbocycles. The summed E-state index contributed by atoms with van der Waals surface area (Å²) in [5.41, 5.74) is 3.17. The number of nitrogens with zero attached hydrogens (tertiary/aromatic N) is 1. The molecule has 0 saturated carbocycles. The Bertz CT molecular complexity index is 717. The molecule has 3 aliphatic rings. The van der Waals surface area contributed by atoms with Crippen molar-refractivity contribution in [2.45, 2.75) is 50.4 Å². The minimum Gasteiger partial charge on any atom is -0.389 e. The van der Waals surface area contributed by atoms with Crippen LogP contribution >= 0.6 is 0 Å². The van der Waals surface area contributed by atoms with Crippen molar-refractivity contribution in [3.05, 3.63) is 29.3 Å². The van der Waals surface area contributed by atoms with Crippen molar-refractivity contribution >= 4 is 17.5 Å². The number of ether oxygens (including phenoxy) is 1. The molecule has 3 heterocycles. The SMILES string of the molecule is O=C(CCc1ccc2c(c1)[C@H]1C[C@H](N2)[C@H](O)CO1)NCC(=O)N1CCCC1. The zero-order valence-corrected chi connectivity index (χ0v) is 15.4. The first-order chi connectivity index (χ1) is 13.1. The third-order valence-corrected chi connectivity index (χ3v) is 5.74. The van der Waals surface area contributed by atoms with Gasteiger partial charge in [0.15, 0.2) is 0 Å². The minimum atomic E-state index is -0.471. The van der Waals surface area contributed by atoms with Crippen LogP contribution in [0.15, 0.2) is 18.2 Å². The number of likely N-dealkylation sites (tertiary alicyclic amines) is 1. The number of aliphatic hydroxyl groups is 1. The van der Waals surface area contributed by atoms with Gasteiger partial charge in [0.1, 0.15) is 0 Å². The van der Waals surface area contributed by atoms with Gasteiger partial charge in [0, 0.05) is 37.2 Å². The van der Waals surface area contributed by atoms with Gasteiger partial charge in [-0.3, -0.25) is 9.59 Å². The second kappa shape index (κ2) is 7.86. The molecule has 3 N–H and O–H groups in total. The summed E-state index contributed by atoms with van der Waals surface area (Å²) in [5, 5.41) is 16.1. The number of aliphatic hydroxyl groups excluding tert-OH is 1. The largest absolute Gasteiger partial charge is 0.389 e. The fraction of sp³-hybridized carbons (Fsp3) is 0.600. The van der Waals surface area contributed by atoms with Gasteiger partial charge in [-0.15, -0.1) is 0 Å². The third-order valence-electron chi connectivity index (χ3n) is 5.74. The lowest BCUT2D eigenvalue weighted by Gasteiger charge is -2.40. The molecule has 0 spiro atoms. The number of aryl methyl sites for hydroxylation is 1. The molecule has 7 heteroatoms. The van der Waals surface area contributed by atoms with E-state index in [1.165, 1.54) is 0 Å². The Morgan fingerprint density at radius 3 is 2.93 bits per heavy atom. The molecule has 2 saturated heterocycles. The standard InChI is InChI=1S/C20H27N3O4/c24-17-12-27-18-10-16(17)22-15-5-3-13(9-14(15)18)4-6-19(25)21-11-20(26)23-7-1-2-8-23/h3,5,9,16-18,22,24H,1-2,4,6-8,10-12H2,(H,21,25)/t16-,17+,18+/m0/s1. The quantitative estimate of drug-likeness (QED) is 0.716. The lowest BCUT2D eigenvalue weighted by Crippen LogP contribution is -2.45. The number of carbonyl (C=O) groups is 2. The number of carbonyl (C=O) groups excluding carboxylic acids is 2. The lowest BCUT2D eigenvalue weighted by atomic mass is 9.88. The maximum absolute atomic E-state index is 12.1. The molecule has 0 unspecified atom stereocenters. The first-order valence-corrected chi connectivity index (χ1v) is 9.83. The third kappa shape index (κ3) is 4.09. The number of hydrogen-bond acceptors (Lipinski definition) is 5. The smallest absolute Gasteiger partial charge is 0.241 e. The molecule has 2 bridgehead atoms. The van der Waals surface area contributed by atoms with Crippen LogP contribution in [0.25, 0.3) is 0 Å². The molecule has 2 fully saturated rings. The van der Waals surface area contributed by atoms with Crippen LogP contribution in [0.5, 0.6) is 0 Å². The molecule has 0 aromatic heterocycles. The van der Waals surface area contributed by atoms with Crippen LogP contribution in [0.3, 0.4) is 0 Å². The Labute approximate surface area is 159 Å². The van der Waals surface area contributed by atoms with Gasteiger partial charge in [-0.2, -0.15) is 0 Å². The fourth-order valence-corrected chi connectivity index (χ4v) is 4.12. The molecule has 1 aromatic rings. The molecule has 3 atom stereocenters. The van der Waals surface area contributed by atoms with Crippen molar-refractivity contribution in [2.24, 2.45) is 0 Å². The molecule has 3 aliphatic heterocycles. The van der Waals surface area contributed by atoms with Gasteiger partial charge in [-0.1, -0.05) is 12.1 Å². The van der Waals surface area contributed by atoms with E-state index in [9.17, 15) is 14.7 Å². The van der Waals surface area contributed by atoms with Gasteiger partial charge in [0.2, 0.25) is 11.8 Å². The maximum atomic E-state index is 12.1. The van der Waals surface area contributed by atoms with Crippen LogP contribution in [0.4, 0.5) is 5.69 Å². The van der Waals surface area contributed by atoms with Crippen LogP contribution in [-0.4, -0.2) is 60.2 Å². The molecule has 0 aliphatic carbocycles. The predicted molar refractivity (Wildman–Crippen MR) is 100 cm³/mol. The summed E-state index contributed by atoms with van der Waals surface area (Å²) in [5.74, 6) is -0.0950. The number of nitrogens with one attached hydrogen (secondary N) is 2. The monoisotopic (exact) mass is 373 g/mol. The summed E-state index contributed by atoms with van der Waals surface area (Å²) in [6.07, 6.45) is 3.37. The normalized spacial score (nSPS) is 26.3. The van der Waals surface area contributed by atoms with Gasteiger partial charge in [-0.05, 0) is 30.9 Å². The van der Waals surface area contributed by atoms with Gasteiger partial charge >= 0.3 is 0 Å². The Balaban J connectivity index is 1.29. The summed E-state index contributed by atoms with van der Waals surface area (Å²) < 4.78 is 5.77. The van der Waals surface area contributed by atoms with Crippen LogP contribution < -0.4 is 10.6 Å². The van der Waals surface area contributed by atoms with Crippen LogP contribution in [0.2, 0.25) is 0 Å². The second-order valence-corrected chi connectivity index (χ2v) is 7.66. The average Bonchev–Trinajstić information content (AvgIpc) is 3.22. The number of hydrogen-bond donors (Lipinski definition) is 3. The van der Waals surface area contributed by atoms with Crippen molar-refractivity contribution in [3.63, 3.8) is 0 Å². The topological polar surface area (TPSA) is 90.9 Å². The Morgan fingerprint density at radius 1 is 1.30 bits per heavy atom. The summed E-state index contributed by atoms with van der Waals surface area (Å²) in [7, 11) is 0. The van der Waals surface area contributed by atoms with E-state index in [1.54, 1.807) is 0 Å². The summed E-state index contributed by atoms with van der Waals surface area (Å²) in [4.78, 5) is 25.9. The molecule has 146 valence electrons. The van der Waals surface area contributed by atoms with E-state index < -0.39 is 6.10 Å². The molecule has 27 heavy (non-hydrogen) atoms. The van der Waals surface area contributed by atoms with Crippen molar-refractivity contribution < 1.29 is 19.4 Å². The van der Waals surface area contributed by atoms with E-state index in [0.717, 1.165) is 49.2 Å². The van der Waals surface area contributed by atoms with Crippen LogP contribution in [0, 0.1) is 0 Å². The van der Waals surface area contributed by atoms with Crippen LogP contribution in [-0.2, 0) is 20.7 Å². The molecule has 7 nitrogen and oxygen atoms in total. The maximum Gasteiger partial charge on any atom is 0.241 e. The summed E-state index contributed by atoms with van der Waals surface area (Å²) in [6.45, 7) is 2.05. The number of anilines is 1. The van der Waals surface area contributed by atoms with Crippen molar-refractivity contribution in [2.75, 3.05) is 31.6 Å². The highest BCUT2D eigenvalue weighted by molar-refractivity contribution is 5.84. The highest BCUT2D eigenvalue weighted by Crippen LogP contribution is 2.39. The van der Waals surface area contributed by atoms with E-state index in [-0.39, 0.29) is 30.5 Å². The first kappa shape index (κ1) is 18.3. The highest BCUT2D eigenvalue weighted by atomic mass is 16.5. The summed E-state index contributed by atoms with van der Waals surface area (Å²) >= 11 is 0. The second-order valence-electron chi connectivity index (χ2n) is 7.66. The van der Waals surface area contributed by atoms with E-state index in [4.69, 9.17) is 4.74 Å². The van der Waals surface area contributed by atoms with Gasteiger partial charge in [-0.25, -0.2) is 0 Å². The van der Waals surface area contributed by atoms with Gasteiger partial charge < -0.3 is 25.4 Å². The minimum absolute atomic E-state index is 0.00140. The number of benzene rings is 1. The first-order valence-electron chi connectivity index (χ1n) is 9.83. The number of rotatable bonds is 5. The highest BCUT2D eigenvalue weighted by Gasteiger charge is 2.36. The van der Waals surface area contributed by atoms with Crippen molar-refractivity contribution in [1.29, 1.82) is 0 Å². The van der Waals surface area contributed by atoms with E-state index in [0.29, 0.717) is 19.4 Å². The Hall–Kier alpha value is -2.12. The summed E-state index contributed by atoms with van der Waals surface area (Å²) in [6, 6.07) is 6.13. The number of amides is 2. The van der Waals surface area contributed by atoms with Crippen LogP contribution in [0.1, 0.15) is 42.9 Å². The average molecular weight is 373 g/mol. The zero-order valence-electron chi connectivity index (χ0n) is 15.4. The lowest BCUT2D eigenvalue weighted by molar-refractivity contribution is -0.132. The van der Waals surface area contributed by atoms with E-state index in [1.807, 2.05) is 17.0 Å². The fourth-order valence-electron chi connectivity index (χ4n) is 4.12.